The SMILES string of the molecule is CCOC1CCCN(c2cc(F)cc(C#N)c2)C1. The van der Waals surface area contributed by atoms with Crippen LogP contribution in [0.3, 0.4) is 0 Å². The first kappa shape index (κ1) is 12.8. The van der Waals surface area contributed by atoms with Gasteiger partial charge in [-0.2, -0.15) is 5.26 Å². The summed E-state index contributed by atoms with van der Waals surface area (Å²) in [6.45, 7) is 4.33. The number of rotatable bonds is 3. The van der Waals surface area contributed by atoms with Crippen LogP contribution in [0.5, 0.6) is 0 Å². The van der Waals surface area contributed by atoms with Crippen LogP contribution in [0.4, 0.5) is 10.1 Å². The van der Waals surface area contributed by atoms with Gasteiger partial charge in [0, 0.05) is 25.4 Å². The zero-order valence-corrected chi connectivity index (χ0v) is 10.5. The third-order valence-electron chi connectivity index (χ3n) is 3.16. The van der Waals surface area contributed by atoms with Gasteiger partial charge in [-0.25, -0.2) is 4.39 Å². The maximum atomic E-state index is 13.4. The molecule has 96 valence electrons. The van der Waals surface area contributed by atoms with Crippen molar-refractivity contribution in [2.24, 2.45) is 0 Å². The molecule has 0 amide bonds. The molecule has 4 heteroatoms. The molecular formula is C14H17FN2O. The van der Waals surface area contributed by atoms with Crippen molar-refractivity contribution < 1.29 is 9.13 Å². The minimum absolute atomic E-state index is 0.206. The van der Waals surface area contributed by atoms with Crippen molar-refractivity contribution in [3.05, 3.63) is 29.6 Å². The van der Waals surface area contributed by atoms with E-state index in [1.165, 1.54) is 12.1 Å². The molecule has 18 heavy (non-hydrogen) atoms. The Morgan fingerprint density at radius 1 is 1.50 bits per heavy atom. The summed E-state index contributed by atoms with van der Waals surface area (Å²) in [5.74, 6) is -0.359. The van der Waals surface area contributed by atoms with E-state index < -0.39 is 0 Å². The number of halogens is 1. The average Bonchev–Trinajstić information content (AvgIpc) is 2.39. The molecule has 0 saturated carbocycles. The molecule has 1 aliphatic heterocycles. The zero-order valence-electron chi connectivity index (χ0n) is 10.5. The van der Waals surface area contributed by atoms with Crippen molar-refractivity contribution in [1.29, 1.82) is 5.26 Å². The maximum Gasteiger partial charge on any atom is 0.126 e. The molecule has 1 saturated heterocycles. The molecule has 1 aromatic carbocycles. The van der Waals surface area contributed by atoms with Crippen molar-refractivity contribution in [3.8, 4) is 6.07 Å². The third-order valence-corrected chi connectivity index (χ3v) is 3.16. The minimum Gasteiger partial charge on any atom is -0.377 e. The van der Waals surface area contributed by atoms with Crippen LogP contribution in [0.2, 0.25) is 0 Å². The standard InChI is InChI=1S/C14H17FN2O/c1-2-18-14-4-3-5-17(10-14)13-7-11(9-16)6-12(15)8-13/h6-8,14H,2-5,10H2,1H3. The Bertz CT molecular complexity index is 454. The van der Waals surface area contributed by atoms with Crippen LogP contribution in [-0.4, -0.2) is 25.8 Å². The smallest absolute Gasteiger partial charge is 0.126 e. The first-order valence-corrected chi connectivity index (χ1v) is 6.30. The summed E-state index contributed by atoms with van der Waals surface area (Å²) in [5, 5.41) is 8.86. The summed E-state index contributed by atoms with van der Waals surface area (Å²) in [6.07, 6.45) is 2.28. The van der Waals surface area contributed by atoms with Gasteiger partial charge in [0.05, 0.1) is 17.7 Å². The zero-order chi connectivity index (χ0) is 13.0. The highest BCUT2D eigenvalue weighted by atomic mass is 19.1. The Labute approximate surface area is 107 Å². The minimum atomic E-state index is -0.359. The summed E-state index contributed by atoms with van der Waals surface area (Å²) in [4.78, 5) is 2.09. The summed E-state index contributed by atoms with van der Waals surface area (Å²) in [5.41, 5.74) is 1.14. The lowest BCUT2D eigenvalue weighted by molar-refractivity contribution is 0.0526. The topological polar surface area (TPSA) is 36.3 Å². The van der Waals surface area contributed by atoms with Crippen molar-refractivity contribution in [1.82, 2.24) is 0 Å². The molecule has 1 atom stereocenters. The van der Waals surface area contributed by atoms with Gasteiger partial charge in [0.2, 0.25) is 0 Å². The van der Waals surface area contributed by atoms with E-state index in [1.807, 2.05) is 13.0 Å². The predicted molar refractivity (Wildman–Crippen MR) is 68.0 cm³/mol. The van der Waals surface area contributed by atoms with Gasteiger partial charge < -0.3 is 9.64 Å². The second-order valence-electron chi connectivity index (χ2n) is 4.48. The summed E-state index contributed by atoms with van der Waals surface area (Å²) >= 11 is 0. The molecule has 1 heterocycles. The molecule has 3 nitrogen and oxygen atoms in total. The Hall–Kier alpha value is -1.60. The normalized spacial score (nSPS) is 19.6. The van der Waals surface area contributed by atoms with Crippen LogP contribution in [0.1, 0.15) is 25.3 Å². The molecule has 0 radical (unpaired) electrons. The first-order chi connectivity index (χ1) is 8.72. The second-order valence-corrected chi connectivity index (χ2v) is 4.48. The highest BCUT2D eigenvalue weighted by Gasteiger charge is 2.20. The monoisotopic (exact) mass is 248 g/mol. The van der Waals surface area contributed by atoms with E-state index in [0.717, 1.165) is 31.6 Å². The Morgan fingerprint density at radius 3 is 3.06 bits per heavy atom. The average molecular weight is 248 g/mol. The van der Waals surface area contributed by atoms with Crippen LogP contribution in [0.25, 0.3) is 0 Å². The van der Waals surface area contributed by atoms with Crippen LogP contribution in [0.15, 0.2) is 18.2 Å². The fraction of sp³-hybridized carbons (Fsp3) is 0.500. The molecular weight excluding hydrogens is 231 g/mol. The van der Waals surface area contributed by atoms with Gasteiger partial charge in [0.1, 0.15) is 5.82 Å². The van der Waals surface area contributed by atoms with Crippen LogP contribution in [0, 0.1) is 17.1 Å². The highest BCUT2D eigenvalue weighted by Crippen LogP contribution is 2.23. The van der Waals surface area contributed by atoms with E-state index in [1.54, 1.807) is 6.07 Å². The van der Waals surface area contributed by atoms with Gasteiger partial charge in [-0.05, 0) is 38.0 Å². The number of piperidine rings is 1. The molecule has 1 aliphatic rings. The van der Waals surface area contributed by atoms with Crippen molar-refractivity contribution in [2.75, 3.05) is 24.6 Å². The lowest BCUT2D eigenvalue weighted by Crippen LogP contribution is -2.39. The quantitative estimate of drug-likeness (QED) is 0.825. The van der Waals surface area contributed by atoms with E-state index >= 15 is 0 Å². The van der Waals surface area contributed by atoms with Crippen LogP contribution < -0.4 is 4.90 Å². The molecule has 0 spiro atoms. The molecule has 0 aliphatic carbocycles. The summed E-state index contributed by atoms with van der Waals surface area (Å²) in [7, 11) is 0. The number of benzene rings is 1. The number of hydrogen-bond acceptors (Lipinski definition) is 3. The number of ether oxygens (including phenoxy) is 1. The van der Waals surface area contributed by atoms with E-state index in [9.17, 15) is 4.39 Å². The summed E-state index contributed by atoms with van der Waals surface area (Å²) < 4.78 is 19.0. The van der Waals surface area contributed by atoms with Crippen LogP contribution >= 0.6 is 0 Å². The number of nitriles is 1. The number of nitrogens with zero attached hydrogens (tertiary/aromatic N) is 2. The fourth-order valence-corrected chi connectivity index (χ4v) is 2.37. The maximum absolute atomic E-state index is 13.4. The lowest BCUT2D eigenvalue weighted by atomic mass is 10.1. The molecule has 0 aromatic heterocycles. The van der Waals surface area contributed by atoms with E-state index in [2.05, 4.69) is 4.90 Å². The Morgan fingerprint density at radius 2 is 2.33 bits per heavy atom. The number of anilines is 1. The largest absolute Gasteiger partial charge is 0.377 e. The second kappa shape index (κ2) is 5.83. The Kier molecular flexibility index (Phi) is 4.16. The van der Waals surface area contributed by atoms with Gasteiger partial charge in [-0.3, -0.25) is 0 Å². The Balaban J connectivity index is 2.15. The van der Waals surface area contributed by atoms with Gasteiger partial charge in [0.25, 0.3) is 0 Å². The number of hydrogen-bond donors (Lipinski definition) is 0. The molecule has 0 N–H and O–H groups in total. The van der Waals surface area contributed by atoms with Gasteiger partial charge in [0.15, 0.2) is 0 Å². The predicted octanol–water partition coefficient (Wildman–Crippen LogP) is 2.70. The van der Waals surface area contributed by atoms with E-state index in [-0.39, 0.29) is 11.9 Å². The van der Waals surface area contributed by atoms with Crippen molar-refractivity contribution in [2.45, 2.75) is 25.9 Å². The fourth-order valence-electron chi connectivity index (χ4n) is 2.37. The molecule has 2 rings (SSSR count). The molecule has 0 bridgehead atoms. The van der Waals surface area contributed by atoms with E-state index in [0.29, 0.717) is 12.2 Å². The first-order valence-electron chi connectivity index (χ1n) is 6.30. The third kappa shape index (κ3) is 2.99. The van der Waals surface area contributed by atoms with Crippen molar-refractivity contribution in [3.63, 3.8) is 0 Å². The van der Waals surface area contributed by atoms with Gasteiger partial charge in [-0.15, -0.1) is 0 Å². The van der Waals surface area contributed by atoms with Gasteiger partial charge in [-0.1, -0.05) is 0 Å². The lowest BCUT2D eigenvalue weighted by Gasteiger charge is -2.34. The highest BCUT2D eigenvalue weighted by molar-refractivity contribution is 5.52. The van der Waals surface area contributed by atoms with Crippen molar-refractivity contribution >= 4 is 5.69 Å². The van der Waals surface area contributed by atoms with Gasteiger partial charge >= 0.3 is 0 Å². The molecule has 1 unspecified atom stereocenters. The van der Waals surface area contributed by atoms with Crippen LogP contribution in [-0.2, 0) is 4.74 Å². The molecule has 1 fully saturated rings. The molecule has 1 aromatic rings. The summed E-state index contributed by atoms with van der Waals surface area (Å²) in [6, 6.07) is 6.46. The van der Waals surface area contributed by atoms with E-state index in [4.69, 9.17) is 10.00 Å².